The molecule has 144 valence electrons. The summed E-state index contributed by atoms with van der Waals surface area (Å²) in [7, 11) is -3.66. The van der Waals surface area contributed by atoms with Crippen LogP contribution in [0, 0.1) is 5.82 Å². The molecule has 3 aromatic rings. The highest BCUT2D eigenvalue weighted by atomic mass is 32.2. The fourth-order valence-electron chi connectivity index (χ4n) is 2.64. The summed E-state index contributed by atoms with van der Waals surface area (Å²) in [4.78, 5) is 11.9. The van der Waals surface area contributed by atoms with E-state index in [9.17, 15) is 17.6 Å². The van der Waals surface area contributed by atoms with Gasteiger partial charge in [-0.25, -0.2) is 17.5 Å². The summed E-state index contributed by atoms with van der Waals surface area (Å²) in [6.07, 6.45) is 0. The van der Waals surface area contributed by atoms with Crippen molar-refractivity contribution < 1.29 is 12.8 Å². The Hall–Kier alpha value is -1.68. The van der Waals surface area contributed by atoms with Crippen molar-refractivity contribution in [3.8, 4) is 0 Å². The van der Waals surface area contributed by atoms with Crippen molar-refractivity contribution in [1.29, 1.82) is 0 Å². The monoisotopic (exact) mass is 426 g/mol. The third kappa shape index (κ3) is 4.60. The van der Waals surface area contributed by atoms with Crippen LogP contribution in [0.4, 0.5) is 4.39 Å². The van der Waals surface area contributed by atoms with E-state index in [2.05, 4.69) is 4.72 Å². The van der Waals surface area contributed by atoms with Crippen molar-refractivity contribution in [2.45, 2.75) is 24.1 Å². The standard InChI is InChI=1S/C18H19FN2O3S3/c1-2-21-16-8-7-14(11-17(16)26-18(21)22)27(23,24)20-9-10-25-12-13-5-3-4-6-15(13)19/h3-8,11,20H,2,9-10,12H2,1H3. The third-order valence-electron chi connectivity index (χ3n) is 4.02. The Kier molecular flexibility index (Phi) is 6.36. The van der Waals surface area contributed by atoms with E-state index in [-0.39, 0.29) is 22.1 Å². The molecule has 0 saturated heterocycles. The molecule has 0 saturated carbocycles. The van der Waals surface area contributed by atoms with Crippen molar-refractivity contribution in [3.63, 3.8) is 0 Å². The van der Waals surface area contributed by atoms with Crippen LogP contribution < -0.4 is 9.60 Å². The van der Waals surface area contributed by atoms with Gasteiger partial charge < -0.3 is 0 Å². The number of nitrogens with one attached hydrogen (secondary N) is 1. The van der Waals surface area contributed by atoms with Crippen molar-refractivity contribution in [3.05, 3.63) is 63.5 Å². The van der Waals surface area contributed by atoms with E-state index in [1.165, 1.54) is 30.0 Å². The number of thiazole rings is 1. The quantitative estimate of drug-likeness (QED) is 0.561. The summed E-state index contributed by atoms with van der Waals surface area (Å²) < 4.78 is 43.3. The van der Waals surface area contributed by atoms with E-state index in [0.29, 0.717) is 28.3 Å². The summed E-state index contributed by atoms with van der Waals surface area (Å²) in [6, 6.07) is 11.2. The first-order chi connectivity index (χ1) is 12.9. The molecule has 0 fully saturated rings. The van der Waals surface area contributed by atoms with E-state index in [0.717, 1.165) is 16.9 Å². The number of hydrogen-bond acceptors (Lipinski definition) is 5. The zero-order valence-corrected chi connectivity index (χ0v) is 17.1. The lowest BCUT2D eigenvalue weighted by atomic mass is 10.2. The van der Waals surface area contributed by atoms with Crippen LogP contribution in [0.1, 0.15) is 12.5 Å². The normalized spacial score (nSPS) is 11.9. The molecule has 2 aromatic carbocycles. The highest BCUT2D eigenvalue weighted by Crippen LogP contribution is 2.22. The highest BCUT2D eigenvalue weighted by molar-refractivity contribution is 7.98. The number of nitrogens with zero attached hydrogens (tertiary/aromatic N) is 1. The van der Waals surface area contributed by atoms with Crippen LogP contribution >= 0.6 is 23.1 Å². The average Bonchev–Trinajstić information content (AvgIpc) is 2.97. The first kappa shape index (κ1) is 20.1. The number of aromatic nitrogens is 1. The fourth-order valence-corrected chi connectivity index (χ4v) is 5.74. The smallest absolute Gasteiger partial charge is 0.299 e. The molecule has 0 atom stereocenters. The van der Waals surface area contributed by atoms with Crippen LogP contribution in [-0.4, -0.2) is 25.3 Å². The number of sulfonamides is 1. The Labute approximate surface area is 165 Å². The maximum atomic E-state index is 13.5. The molecule has 27 heavy (non-hydrogen) atoms. The molecule has 0 aliphatic heterocycles. The summed E-state index contributed by atoms with van der Waals surface area (Å²) in [5, 5.41) is 0. The maximum Gasteiger partial charge on any atom is 0.308 e. The molecule has 1 aromatic heterocycles. The number of halogens is 1. The van der Waals surface area contributed by atoms with Gasteiger partial charge in [0.25, 0.3) is 0 Å². The first-order valence-electron chi connectivity index (χ1n) is 8.36. The molecule has 0 aliphatic rings. The molecule has 5 nitrogen and oxygen atoms in total. The number of aryl methyl sites for hydroxylation is 1. The molecule has 1 N–H and O–H groups in total. The molecule has 0 amide bonds. The summed E-state index contributed by atoms with van der Waals surface area (Å²) in [6.45, 7) is 2.66. The topological polar surface area (TPSA) is 68.2 Å². The van der Waals surface area contributed by atoms with E-state index in [4.69, 9.17) is 0 Å². The second-order valence-electron chi connectivity index (χ2n) is 5.78. The van der Waals surface area contributed by atoms with Gasteiger partial charge in [0, 0.05) is 24.6 Å². The zero-order chi connectivity index (χ0) is 19.4. The van der Waals surface area contributed by atoms with Crippen LogP contribution in [-0.2, 0) is 22.3 Å². The molecular weight excluding hydrogens is 407 g/mol. The lowest BCUT2D eigenvalue weighted by Gasteiger charge is -2.08. The van der Waals surface area contributed by atoms with Crippen LogP contribution in [0.3, 0.4) is 0 Å². The van der Waals surface area contributed by atoms with Gasteiger partial charge in [-0.3, -0.25) is 9.36 Å². The highest BCUT2D eigenvalue weighted by Gasteiger charge is 2.16. The van der Waals surface area contributed by atoms with Gasteiger partial charge in [0.05, 0.1) is 15.1 Å². The molecule has 0 radical (unpaired) electrons. The first-order valence-corrected chi connectivity index (χ1v) is 11.8. The van der Waals surface area contributed by atoms with Gasteiger partial charge in [-0.05, 0) is 36.8 Å². The summed E-state index contributed by atoms with van der Waals surface area (Å²) in [5.74, 6) is 0.755. The second kappa shape index (κ2) is 8.55. The number of rotatable bonds is 8. The van der Waals surface area contributed by atoms with Crippen LogP contribution in [0.2, 0.25) is 0 Å². The molecule has 1 heterocycles. The van der Waals surface area contributed by atoms with Crippen LogP contribution in [0.5, 0.6) is 0 Å². The third-order valence-corrected chi connectivity index (χ3v) is 7.43. The van der Waals surface area contributed by atoms with Gasteiger partial charge in [-0.2, -0.15) is 11.8 Å². The van der Waals surface area contributed by atoms with E-state index < -0.39 is 10.0 Å². The zero-order valence-electron chi connectivity index (χ0n) is 14.6. The van der Waals surface area contributed by atoms with Crippen molar-refractivity contribution >= 4 is 43.3 Å². The van der Waals surface area contributed by atoms with Gasteiger partial charge in [0.2, 0.25) is 10.0 Å². The van der Waals surface area contributed by atoms with Crippen molar-refractivity contribution in [1.82, 2.24) is 9.29 Å². The van der Waals surface area contributed by atoms with E-state index in [1.54, 1.807) is 28.8 Å². The largest absolute Gasteiger partial charge is 0.308 e. The Morgan fingerprint density at radius 1 is 1.22 bits per heavy atom. The number of thioether (sulfide) groups is 1. The molecule has 0 unspecified atom stereocenters. The van der Waals surface area contributed by atoms with E-state index >= 15 is 0 Å². The molecule has 9 heteroatoms. The summed E-state index contributed by atoms with van der Waals surface area (Å²) in [5.41, 5.74) is 1.35. The maximum absolute atomic E-state index is 13.5. The lowest BCUT2D eigenvalue weighted by Crippen LogP contribution is -2.26. The number of fused-ring (bicyclic) bond motifs is 1. The Morgan fingerprint density at radius 3 is 2.74 bits per heavy atom. The molecular formula is C18H19FN2O3S3. The van der Waals surface area contributed by atoms with Gasteiger partial charge in [0.15, 0.2) is 0 Å². The van der Waals surface area contributed by atoms with Gasteiger partial charge in [-0.15, -0.1) is 0 Å². The summed E-state index contributed by atoms with van der Waals surface area (Å²) >= 11 is 2.50. The van der Waals surface area contributed by atoms with E-state index in [1.807, 2.05) is 6.92 Å². The lowest BCUT2D eigenvalue weighted by molar-refractivity contribution is 0.584. The molecule has 3 rings (SSSR count). The van der Waals surface area contributed by atoms with Crippen molar-refractivity contribution in [2.75, 3.05) is 12.3 Å². The molecule has 0 bridgehead atoms. The average molecular weight is 427 g/mol. The second-order valence-corrected chi connectivity index (χ2v) is 9.65. The Morgan fingerprint density at radius 2 is 2.00 bits per heavy atom. The molecule has 0 aliphatic carbocycles. The van der Waals surface area contributed by atoms with Crippen LogP contribution in [0.15, 0.2) is 52.2 Å². The minimum atomic E-state index is -3.66. The minimum absolute atomic E-state index is 0.0976. The Balaban J connectivity index is 1.60. The predicted octanol–water partition coefficient (Wildman–Crippen LogP) is 3.43. The van der Waals surface area contributed by atoms with Gasteiger partial charge >= 0.3 is 4.87 Å². The fraction of sp³-hybridized carbons (Fsp3) is 0.278. The predicted molar refractivity (Wildman–Crippen MR) is 110 cm³/mol. The Bertz CT molecular complexity index is 1110. The van der Waals surface area contributed by atoms with Crippen molar-refractivity contribution in [2.24, 2.45) is 0 Å². The van der Waals surface area contributed by atoms with Crippen LogP contribution in [0.25, 0.3) is 10.2 Å². The molecule has 0 spiro atoms. The minimum Gasteiger partial charge on any atom is -0.299 e. The number of hydrogen-bond donors (Lipinski definition) is 1. The van der Waals surface area contributed by atoms with Gasteiger partial charge in [-0.1, -0.05) is 29.5 Å². The SMILES string of the molecule is CCn1c(=O)sc2cc(S(=O)(=O)NCCSCc3ccccc3F)ccc21. The number of benzene rings is 2. The van der Waals surface area contributed by atoms with Gasteiger partial charge in [0.1, 0.15) is 5.82 Å².